The van der Waals surface area contributed by atoms with Crippen molar-refractivity contribution in [1.29, 1.82) is 0 Å². The molecule has 0 bridgehead atoms. The van der Waals surface area contributed by atoms with Gasteiger partial charge in [-0.3, -0.25) is 0 Å². The van der Waals surface area contributed by atoms with E-state index in [1.54, 1.807) is 17.4 Å². The molecule has 0 aliphatic rings. The first-order chi connectivity index (χ1) is 10.7. The molecule has 0 amide bonds. The van der Waals surface area contributed by atoms with Crippen molar-refractivity contribution in [2.45, 2.75) is 38.7 Å². The normalized spacial score (nSPS) is 15.4. The van der Waals surface area contributed by atoms with E-state index in [9.17, 15) is 18.3 Å². The average Bonchev–Trinajstić information content (AvgIpc) is 3.11. The number of alkyl halides is 3. The Balaban J connectivity index is 2.03. The van der Waals surface area contributed by atoms with Gasteiger partial charge in [0, 0.05) is 20.7 Å². The first-order valence-electron chi connectivity index (χ1n) is 7.02. The molecule has 0 saturated heterocycles. The van der Waals surface area contributed by atoms with E-state index in [1.165, 1.54) is 11.3 Å². The van der Waals surface area contributed by atoms with E-state index in [4.69, 9.17) is 5.11 Å². The van der Waals surface area contributed by atoms with Crippen LogP contribution in [0.1, 0.15) is 28.5 Å². The zero-order valence-corrected chi connectivity index (χ0v) is 14.1. The molecule has 0 radical (unpaired) electrons. The molecule has 2 nitrogen and oxygen atoms in total. The summed E-state index contributed by atoms with van der Waals surface area (Å²) in [5, 5.41) is 23.3. The molecular weight excluding hydrogens is 345 g/mol. The van der Waals surface area contributed by atoms with E-state index < -0.39 is 24.8 Å². The van der Waals surface area contributed by atoms with E-state index in [-0.39, 0.29) is 0 Å². The Morgan fingerprint density at radius 1 is 1.09 bits per heavy atom. The van der Waals surface area contributed by atoms with Crippen molar-refractivity contribution >= 4 is 42.8 Å². The Morgan fingerprint density at radius 3 is 2.39 bits per heavy atom. The summed E-state index contributed by atoms with van der Waals surface area (Å²) in [6.07, 6.45) is -9.32. The molecule has 0 saturated carbocycles. The van der Waals surface area contributed by atoms with Crippen LogP contribution in [0.15, 0.2) is 17.5 Å². The quantitative estimate of drug-likeness (QED) is 0.684. The zero-order valence-electron chi connectivity index (χ0n) is 12.4. The van der Waals surface area contributed by atoms with Gasteiger partial charge < -0.3 is 10.2 Å². The fourth-order valence-electron chi connectivity index (χ4n) is 2.73. The Morgan fingerprint density at radius 2 is 1.74 bits per heavy atom. The minimum Gasteiger partial charge on any atom is -0.387 e. The van der Waals surface area contributed by atoms with Crippen LogP contribution >= 0.6 is 22.7 Å². The van der Waals surface area contributed by atoms with Gasteiger partial charge in [-0.25, -0.2) is 0 Å². The molecule has 0 spiro atoms. The third-order valence-electron chi connectivity index (χ3n) is 4.06. The van der Waals surface area contributed by atoms with Crippen LogP contribution < -0.4 is 0 Å². The molecule has 0 aliphatic carbocycles. The largest absolute Gasteiger partial charge is 0.414 e. The molecule has 1 aromatic carbocycles. The second kappa shape index (κ2) is 5.73. The highest BCUT2D eigenvalue weighted by atomic mass is 32.1. The van der Waals surface area contributed by atoms with E-state index in [0.29, 0.717) is 4.88 Å². The van der Waals surface area contributed by atoms with E-state index >= 15 is 0 Å². The van der Waals surface area contributed by atoms with Gasteiger partial charge in [-0.05, 0) is 53.3 Å². The number of thiophene rings is 2. The highest BCUT2D eigenvalue weighted by molar-refractivity contribution is 7.20. The highest BCUT2D eigenvalue weighted by Crippen LogP contribution is 2.42. The second-order valence-electron chi connectivity index (χ2n) is 5.61. The summed E-state index contributed by atoms with van der Waals surface area (Å²) in [4.78, 5) is 0.451. The van der Waals surface area contributed by atoms with Gasteiger partial charge in [-0.2, -0.15) is 13.2 Å². The summed E-state index contributed by atoms with van der Waals surface area (Å²) in [6.45, 7) is 3.96. The lowest BCUT2D eigenvalue weighted by Gasteiger charge is -2.17. The number of fused-ring (bicyclic) bond motifs is 2. The number of rotatable bonds is 3. The molecular formula is C16H15F3O2S2. The van der Waals surface area contributed by atoms with Crippen LogP contribution in [0.2, 0.25) is 0 Å². The maximum Gasteiger partial charge on any atom is 0.414 e. The lowest BCUT2D eigenvalue weighted by Crippen LogP contribution is -2.30. The van der Waals surface area contributed by atoms with Crippen molar-refractivity contribution in [3.8, 4) is 0 Å². The number of aliphatic hydroxyl groups excluding tert-OH is 2. The van der Waals surface area contributed by atoms with Gasteiger partial charge in [-0.15, -0.1) is 22.7 Å². The first kappa shape index (κ1) is 16.7. The SMILES string of the molecule is Cc1c2cc(C(O)CC(O)C(F)(F)F)sc2c(C)c2ccsc12. The molecule has 2 aromatic heterocycles. The number of hydrogen-bond acceptors (Lipinski definition) is 4. The second-order valence-corrected chi connectivity index (χ2v) is 7.61. The van der Waals surface area contributed by atoms with Crippen molar-refractivity contribution in [1.82, 2.24) is 0 Å². The minimum absolute atomic E-state index is 0.451. The number of hydrogen-bond donors (Lipinski definition) is 2. The topological polar surface area (TPSA) is 40.5 Å². The molecule has 7 heteroatoms. The number of halogens is 3. The molecule has 0 fully saturated rings. The maximum absolute atomic E-state index is 12.4. The van der Waals surface area contributed by atoms with Crippen molar-refractivity contribution in [3.05, 3.63) is 33.5 Å². The van der Waals surface area contributed by atoms with E-state index in [2.05, 4.69) is 0 Å². The molecule has 23 heavy (non-hydrogen) atoms. The van der Waals surface area contributed by atoms with Crippen molar-refractivity contribution in [2.24, 2.45) is 0 Å². The Bertz CT molecular complexity index is 810. The number of aliphatic hydroxyl groups is 2. The molecule has 3 rings (SSSR count). The van der Waals surface area contributed by atoms with Crippen LogP contribution in [0.4, 0.5) is 13.2 Å². The Labute approximate surface area is 138 Å². The highest BCUT2D eigenvalue weighted by Gasteiger charge is 2.39. The predicted molar refractivity (Wildman–Crippen MR) is 88.3 cm³/mol. The third-order valence-corrected chi connectivity index (χ3v) is 6.45. The zero-order chi connectivity index (χ0) is 16.9. The molecule has 2 N–H and O–H groups in total. The van der Waals surface area contributed by atoms with Crippen LogP contribution in [0.25, 0.3) is 20.2 Å². The van der Waals surface area contributed by atoms with Crippen molar-refractivity contribution < 1.29 is 23.4 Å². The van der Waals surface area contributed by atoms with E-state index in [0.717, 1.165) is 31.3 Å². The monoisotopic (exact) mass is 360 g/mol. The van der Waals surface area contributed by atoms with Crippen LogP contribution in [0.5, 0.6) is 0 Å². The number of benzene rings is 1. The molecule has 0 aliphatic heterocycles. The average molecular weight is 360 g/mol. The van der Waals surface area contributed by atoms with Crippen molar-refractivity contribution in [3.63, 3.8) is 0 Å². The van der Waals surface area contributed by atoms with Gasteiger partial charge in [0.1, 0.15) is 0 Å². The van der Waals surface area contributed by atoms with Gasteiger partial charge >= 0.3 is 6.18 Å². The minimum atomic E-state index is -4.72. The standard InChI is InChI=1S/C16H15F3O2S2/c1-7-9-3-4-22-14(9)8(2)10-5-12(23-15(7)10)11(20)6-13(21)16(17,18)19/h3-5,11,13,20-21H,6H2,1-2H3. The van der Waals surface area contributed by atoms with Crippen LogP contribution in [0.3, 0.4) is 0 Å². The predicted octanol–water partition coefficient (Wildman–Crippen LogP) is 5.08. The smallest absolute Gasteiger partial charge is 0.387 e. The maximum atomic E-state index is 12.4. The molecule has 3 aromatic rings. The summed E-state index contributed by atoms with van der Waals surface area (Å²) < 4.78 is 39.5. The van der Waals surface area contributed by atoms with Gasteiger partial charge in [0.15, 0.2) is 6.10 Å². The summed E-state index contributed by atoms with van der Waals surface area (Å²) in [5.74, 6) is 0. The van der Waals surface area contributed by atoms with Crippen LogP contribution in [-0.2, 0) is 0 Å². The lowest BCUT2D eigenvalue weighted by atomic mass is 10.0. The summed E-state index contributed by atoms with van der Waals surface area (Å²) in [7, 11) is 0. The van der Waals surface area contributed by atoms with Crippen molar-refractivity contribution in [2.75, 3.05) is 0 Å². The first-order valence-corrected chi connectivity index (χ1v) is 8.72. The van der Waals surface area contributed by atoms with Crippen LogP contribution in [-0.4, -0.2) is 22.5 Å². The fourth-order valence-corrected chi connectivity index (χ4v) is 4.94. The Kier molecular flexibility index (Phi) is 4.16. The molecule has 2 atom stereocenters. The fraction of sp³-hybridized carbons (Fsp3) is 0.375. The van der Waals surface area contributed by atoms with E-state index in [1.807, 2.05) is 25.3 Å². The van der Waals surface area contributed by atoms with Gasteiger partial charge in [0.2, 0.25) is 0 Å². The number of aryl methyl sites for hydroxylation is 2. The van der Waals surface area contributed by atoms with Gasteiger partial charge in [-0.1, -0.05) is 0 Å². The van der Waals surface area contributed by atoms with Gasteiger partial charge in [0.25, 0.3) is 0 Å². The molecule has 2 unspecified atom stereocenters. The summed E-state index contributed by atoms with van der Waals surface area (Å²) in [5.41, 5.74) is 2.14. The lowest BCUT2D eigenvalue weighted by molar-refractivity contribution is -0.211. The van der Waals surface area contributed by atoms with Gasteiger partial charge in [0.05, 0.1) is 6.10 Å². The molecule has 2 heterocycles. The summed E-state index contributed by atoms with van der Waals surface area (Å²) >= 11 is 2.92. The summed E-state index contributed by atoms with van der Waals surface area (Å²) in [6, 6.07) is 3.78. The Hall–Kier alpha value is -1.15. The molecule has 124 valence electrons. The van der Waals surface area contributed by atoms with Crippen LogP contribution in [0, 0.1) is 13.8 Å². The third kappa shape index (κ3) is 2.87.